The van der Waals surface area contributed by atoms with E-state index in [-0.39, 0.29) is 18.9 Å². The molecule has 1 amide bonds. The van der Waals surface area contributed by atoms with Crippen molar-refractivity contribution in [2.75, 3.05) is 7.11 Å². The average Bonchev–Trinajstić information content (AvgIpc) is 2.60. The lowest BCUT2D eigenvalue weighted by Gasteiger charge is -2.27. The van der Waals surface area contributed by atoms with Crippen molar-refractivity contribution in [1.82, 2.24) is 4.90 Å². The number of carboxylic acid groups (broad SMARTS) is 1. The molecular formula is C20H23NO4. The van der Waals surface area contributed by atoms with Gasteiger partial charge in [-0.1, -0.05) is 54.6 Å². The van der Waals surface area contributed by atoms with Gasteiger partial charge in [0, 0.05) is 13.7 Å². The van der Waals surface area contributed by atoms with Crippen LogP contribution < -0.4 is 0 Å². The smallest absolute Gasteiger partial charge is 0.326 e. The van der Waals surface area contributed by atoms with E-state index in [0.717, 1.165) is 16.7 Å². The zero-order chi connectivity index (χ0) is 18.2. The van der Waals surface area contributed by atoms with E-state index < -0.39 is 12.0 Å². The monoisotopic (exact) mass is 341 g/mol. The molecule has 2 rings (SSSR count). The summed E-state index contributed by atoms with van der Waals surface area (Å²) in [4.78, 5) is 25.6. The first-order valence-electron chi connectivity index (χ1n) is 8.14. The molecule has 0 heterocycles. The molecule has 2 aromatic rings. The molecule has 5 heteroatoms. The fourth-order valence-corrected chi connectivity index (χ4v) is 2.63. The molecule has 0 radical (unpaired) electrons. The molecule has 0 aliphatic rings. The predicted octanol–water partition coefficient (Wildman–Crippen LogP) is 2.88. The largest absolute Gasteiger partial charge is 0.480 e. The molecule has 2 aromatic carbocycles. The molecule has 1 unspecified atom stereocenters. The topological polar surface area (TPSA) is 66.8 Å². The number of rotatable bonds is 8. The van der Waals surface area contributed by atoms with Crippen LogP contribution in [0.15, 0.2) is 54.6 Å². The van der Waals surface area contributed by atoms with Crippen LogP contribution in [0.1, 0.15) is 23.6 Å². The number of carbonyl (C=O) groups excluding carboxylic acids is 1. The highest BCUT2D eigenvalue weighted by Crippen LogP contribution is 2.13. The number of amides is 1. The van der Waals surface area contributed by atoms with E-state index in [9.17, 15) is 14.7 Å². The maximum absolute atomic E-state index is 12.8. The molecule has 0 aliphatic heterocycles. The molecule has 0 saturated heterocycles. The van der Waals surface area contributed by atoms with E-state index in [4.69, 9.17) is 4.74 Å². The normalized spacial score (nSPS) is 11.8. The van der Waals surface area contributed by atoms with E-state index in [0.29, 0.717) is 6.61 Å². The number of hydrogen-bond donors (Lipinski definition) is 1. The number of carbonyl (C=O) groups is 2. The van der Waals surface area contributed by atoms with Crippen LogP contribution in [0.5, 0.6) is 0 Å². The van der Waals surface area contributed by atoms with Gasteiger partial charge >= 0.3 is 5.97 Å². The lowest BCUT2D eigenvalue weighted by molar-refractivity contribution is -0.149. The van der Waals surface area contributed by atoms with E-state index in [2.05, 4.69) is 0 Å². The van der Waals surface area contributed by atoms with Gasteiger partial charge in [-0.15, -0.1) is 0 Å². The van der Waals surface area contributed by atoms with Crippen molar-refractivity contribution in [3.63, 3.8) is 0 Å². The summed E-state index contributed by atoms with van der Waals surface area (Å²) in [6.07, 6.45) is 0.155. The third kappa shape index (κ3) is 5.43. The van der Waals surface area contributed by atoms with Crippen molar-refractivity contribution in [3.05, 3.63) is 71.3 Å². The molecular weight excluding hydrogens is 318 g/mol. The Morgan fingerprint density at radius 1 is 1.04 bits per heavy atom. The number of nitrogens with zero attached hydrogens (tertiary/aromatic N) is 1. The van der Waals surface area contributed by atoms with E-state index >= 15 is 0 Å². The zero-order valence-electron chi connectivity index (χ0n) is 14.5. The summed E-state index contributed by atoms with van der Waals surface area (Å²) in [5, 5.41) is 9.35. The van der Waals surface area contributed by atoms with Crippen molar-refractivity contribution >= 4 is 11.9 Å². The minimum atomic E-state index is -1.02. The first-order chi connectivity index (χ1) is 12.0. The molecule has 25 heavy (non-hydrogen) atoms. The summed E-state index contributed by atoms with van der Waals surface area (Å²) < 4.78 is 5.11. The van der Waals surface area contributed by atoms with Gasteiger partial charge in [0.1, 0.15) is 6.04 Å². The summed E-state index contributed by atoms with van der Waals surface area (Å²) in [5.41, 5.74) is 2.72. The maximum Gasteiger partial charge on any atom is 0.326 e. The fourth-order valence-electron chi connectivity index (χ4n) is 2.63. The van der Waals surface area contributed by atoms with Crippen LogP contribution in [0.3, 0.4) is 0 Å². The van der Waals surface area contributed by atoms with Crippen LogP contribution in [0.4, 0.5) is 0 Å². The van der Waals surface area contributed by atoms with Gasteiger partial charge in [-0.3, -0.25) is 4.79 Å². The molecule has 1 atom stereocenters. The minimum absolute atomic E-state index is 0.155. The number of ether oxygens (including phenoxy) is 1. The Morgan fingerprint density at radius 2 is 1.68 bits per heavy atom. The Kier molecular flexibility index (Phi) is 6.71. The quantitative estimate of drug-likeness (QED) is 0.802. The molecule has 132 valence electrons. The predicted molar refractivity (Wildman–Crippen MR) is 94.9 cm³/mol. The van der Waals surface area contributed by atoms with E-state index in [1.54, 1.807) is 7.11 Å². The summed E-state index contributed by atoms with van der Waals surface area (Å²) in [6.45, 7) is 2.27. The van der Waals surface area contributed by atoms with E-state index in [1.807, 2.05) is 54.6 Å². The van der Waals surface area contributed by atoms with Gasteiger partial charge in [-0.05, 0) is 23.6 Å². The van der Waals surface area contributed by atoms with Gasteiger partial charge in [-0.2, -0.15) is 0 Å². The summed E-state index contributed by atoms with van der Waals surface area (Å²) in [7, 11) is 1.62. The number of methoxy groups -OCH3 is 1. The first kappa shape index (κ1) is 18.7. The van der Waals surface area contributed by atoms with Crippen LogP contribution in [-0.2, 0) is 33.9 Å². The number of benzene rings is 2. The number of hydrogen-bond acceptors (Lipinski definition) is 3. The van der Waals surface area contributed by atoms with Crippen molar-refractivity contribution in [1.29, 1.82) is 0 Å². The molecule has 0 spiro atoms. The van der Waals surface area contributed by atoms with Gasteiger partial charge in [-0.25, -0.2) is 4.79 Å². The Morgan fingerprint density at radius 3 is 2.32 bits per heavy atom. The van der Waals surface area contributed by atoms with Crippen LogP contribution in [0.25, 0.3) is 0 Å². The SMILES string of the molecule is COCc1cccc(CC(=O)N(Cc2ccccc2)C(C)C(=O)O)c1. The van der Waals surface area contributed by atoms with Gasteiger partial charge < -0.3 is 14.7 Å². The Bertz CT molecular complexity index is 715. The van der Waals surface area contributed by atoms with Gasteiger partial charge in [0.05, 0.1) is 13.0 Å². The Labute approximate surface area is 147 Å². The average molecular weight is 341 g/mol. The number of carboxylic acids is 1. The van der Waals surface area contributed by atoms with Gasteiger partial charge in [0.2, 0.25) is 5.91 Å². The van der Waals surface area contributed by atoms with Gasteiger partial charge in [0.15, 0.2) is 0 Å². The van der Waals surface area contributed by atoms with Crippen molar-refractivity contribution in [3.8, 4) is 0 Å². The first-order valence-corrected chi connectivity index (χ1v) is 8.14. The lowest BCUT2D eigenvalue weighted by Crippen LogP contribution is -2.43. The van der Waals surface area contributed by atoms with Crippen LogP contribution >= 0.6 is 0 Å². The molecule has 0 bridgehead atoms. The second-order valence-corrected chi connectivity index (χ2v) is 5.95. The molecule has 5 nitrogen and oxygen atoms in total. The molecule has 0 aliphatic carbocycles. The van der Waals surface area contributed by atoms with E-state index in [1.165, 1.54) is 11.8 Å². The third-order valence-corrected chi connectivity index (χ3v) is 4.00. The van der Waals surface area contributed by atoms with Crippen LogP contribution in [-0.4, -0.2) is 35.0 Å². The highest BCUT2D eigenvalue weighted by Gasteiger charge is 2.25. The van der Waals surface area contributed by atoms with Crippen molar-refractivity contribution < 1.29 is 19.4 Å². The van der Waals surface area contributed by atoms with Crippen LogP contribution in [0.2, 0.25) is 0 Å². The van der Waals surface area contributed by atoms with Crippen molar-refractivity contribution in [2.45, 2.75) is 32.5 Å². The van der Waals surface area contributed by atoms with Gasteiger partial charge in [0.25, 0.3) is 0 Å². The Hall–Kier alpha value is -2.66. The van der Waals surface area contributed by atoms with Crippen LogP contribution in [0, 0.1) is 0 Å². The standard InChI is InChI=1S/C20H23NO4/c1-15(20(23)24)21(13-16-7-4-3-5-8-16)19(22)12-17-9-6-10-18(11-17)14-25-2/h3-11,15H,12-14H2,1-2H3,(H,23,24). The second kappa shape index (κ2) is 8.99. The lowest BCUT2D eigenvalue weighted by atomic mass is 10.1. The fraction of sp³-hybridized carbons (Fsp3) is 0.300. The third-order valence-electron chi connectivity index (χ3n) is 4.00. The van der Waals surface area contributed by atoms with Crippen molar-refractivity contribution in [2.24, 2.45) is 0 Å². The summed E-state index contributed by atoms with van der Waals surface area (Å²) in [6, 6.07) is 16.1. The highest BCUT2D eigenvalue weighted by atomic mass is 16.5. The zero-order valence-corrected chi connectivity index (χ0v) is 14.5. The number of aliphatic carboxylic acids is 1. The highest BCUT2D eigenvalue weighted by molar-refractivity contribution is 5.84. The maximum atomic E-state index is 12.8. The second-order valence-electron chi connectivity index (χ2n) is 5.95. The Balaban J connectivity index is 2.17. The molecule has 1 N–H and O–H groups in total. The molecule has 0 saturated carbocycles. The molecule has 0 fully saturated rings. The molecule has 0 aromatic heterocycles. The minimum Gasteiger partial charge on any atom is -0.480 e. The summed E-state index contributed by atoms with van der Waals surface area (Å²) >= 11 is 0. The summed E-state index contributed by atoms with van der Waals surface area (Å²) in [5.74, 6) is -1.23.